The number of hydrogen-bond donors (Lipinski definition) is 0. The van der Waals surface area contributed by atoms with Gasteiger partial charge in [0.25, 0.3) is 0 Å². The summed E-state index contributed by atoms with van der Waals surface area (Å²) in [6, 6.07) is 8.62. The van der Waals surface area contributed by atoms with Crippen LogP contribution in [0.5, 0.6) is 0 Å². The normalized spacial score (nSPS) is 14.7. The number of aromatic nitrogens is 4. The Hall–Kier alpha value is -2.19. The molecule has 0 unspecified atom stereocenters. The number of aryl methyl sites for hydroxylation is 2. The summed E-state index contributed by atoms with van der Waals surface area (Å²) >= 11 is 3.18. The third-order valence-corrected chi connectivity index (χ3v) is 7.62. The molecule has 3 aromatic rings. The van der Waals surface area contributed by atoms with Gasteiger partial charge in [0.05, 0.1) is 11.4 Å². The second kappa shape index (κ2) is 9.96. The third-order valence-electron chi connectivity index (χ3n) is 5.77. The van der Waals surface area contributed by atoms with Gasteiger partial charge in [-0.1, -0.05) is 50.1 Å². The number of benzene rings is 1. The first-order valence-corrected chi connectivity index (χ1v) is 12.8. The Bertz CT molecular complexity index is 1020. The average molecular weight is 456 g/mol. The van der Waals surface area contributed by atoms with Crippen molar-refractivity contribution in [3.05, 3.63) is 46.7 Å². The molecule has 1 aliphatic carbocycles. The number of thioether (sulfide) groups is 1. The molecule has 1 saturated carbocycles. The number of amides is 1. The molecule has 6 nitrogen and oxygen atoms in total. The molecule has 0 N–H and O–H groups in total. The van der Waals surface area contributed by atoms with Gasteiger partial charge in [-0.3, -0.25) is 9.69 Å². The maximum Gasteiger partial charge on any atom is 0.230 e. The van der Waals surface area contributed by atoms with Crippen LogP contribution in [0.15, 0.2) is 34.8 Å². The van der Waals surface area contributed by atoms with Crippen LogP contribution in [0.3, 0.4) is 0 Å². The first-order chi connectivity index (χ1) is 15.1. The summed E-state index contributed by atoms with van der Waals surface area (Å²) < 4.78 is 2.31. The van der Waals surface area contributed by atoms with E-state index in [1.165, 1.54) is 49.0 Å². The van der Waals surface area contributed by atoms with Crippen LogP contribution in [0.4, 0.5) is 10.8 Å². The summed E-state index contributed by atoms with van der Waals surface area (Å²) in [5.41, 5.74) is 3.06. The SMILES string of the molecule is CCc1ccc(N(C(C)=O)c2nc(CSc3nnc(C)n3C3CCCCC3)cs2)cc1. The van der Waals surface area contributed by atoms with Crippen LogP contribution in [0.2, 0.25) is 0 Å². The summed E-state index contributed by atoms with van der Waals surface area (Å²) in [7, 11) is 0. The molecule has 1 fully saturated rings. The van der Waals surface area contributed by atoms with E-state index in [1.807, 2.05) is 24.4 Å². The van der Waals surface area contributed by atoms with Crippen molar-refractivity contribution in [2.24, 2.45) is 0 Å². The van der Waals surface area contributed by atoms with E-state index in [0.717, 1.165) is 28.8 Å². The topological polar surface area (TPSA) is 63.9 Å². The maximum atomic E-state index is 12.4. The number of hydrogen-bond acceptors (Lipinski definition) is 6. The van der Waals surface area contributed by atoms with Crippen LogP contribution in [0, 0.1) is 6.92 Å². The summed E-state index contributed by atoms with van der Waals surface area (Å²) in [5, 5.41) is 12.5. The highest BCUT2D eigenvalue weighted by Crippen LogP contribution is 2.35. The van der Waals surface area contributed by atoms with Crippen molar-refractivity contribution < 1.29 is 4.79 Å². The number of anilines is 2. The van der Waals surface area contributed by atoms with Gasteiger partial charge in [0.2, 0.25) is 5.91 Å². The molecule has 0 radical (unpaired) electrons. The molecule has 1 amide bonds. The van der Waals surface area contributed by atoms with E-state index in [4.69, 9.17) is 4.98 Å². The van der Waals surface area contributed by atoms with E-state index in [0.29, 0.717) is 16.9 Å². The van der Waals surface area contributed by atoms with Gasteiger partial charge in [-0.15, -0.1) is 21.5 Å². The minimum absolute atomic E-state index is 0.0366. The van der Waals surface area contributed by atoms with Gasteiger partial charge in [0.15, 0.2) is 10.3 Å². The van der Waals surface area contributed by atoms with E-state index in [2.05, 4.69) is 33.8 Å². The Labute approximate surface area is 192 Å². The number of thiazole rings is 1. The lowest BCUT2D eigenvalue weighted by atomic mass is 9.95. The highest BCUT2D eigenvalue weighted by Gasteiger charge is 2.22. The van der Waals surface area contributed by atoms with Crippen LogP contribution in [-0.2, 0) is 17.0 Å². The Balaban J connectivity index is 1.48. The molecule has 1 aromatic carbocycles. The van der Waals surface area contributed by atoms with E-state index >= 15 is 0 Å². The molecule has 0 bridgehead atoms. The lowest BCUT2D eigenvalue weighted by Crippen LogP contribution is -2.22. The van der Waals surface area contributed by atoms with Gasteiger partial charge in [-0.2, -0.15) is 0 Å². The molecule has 31 heavy (non-hydrogen) atoms. The third kappa shape index (κ3) is 5.01. The van der Waals surface area contributed by atoms with Crippen molar-refractivity contribution in [3.8, 4) is 0 Å². The predicted molar refractivity (Wildman–Crippen MR) is 127 cm³/mol. The minimum Gasteiger partial charge on any atom is -0.303 e. The van der Waals surface area contributed by atoms with Crippen molar-refractivity contribution in [2.75, 3.05) is 4.90 Å². The highest BCUT2D eigenvalue weighted by molar-refractivity contribution is 7.98. The van der Waals surface area contributed by atoms with Gasteiger partial charge < -0.3 is 4.57 Å². The molecule has 2 aromatic heterocycles. The molecule has 8 heteroatoms. The largest absolute Gasteiger partial charge is 0.303 e. The average Bonchev–Trinajstić information content (AvgIpc) is 3.39. The zero-order valence-corrected chi connectivity index (χ0v) is 20.0. The number of carbonyl (C=O) groups is 1. The number of carbonyl (C=O) groups excluding carboxylic acids is 1. The van der Waals surface area contributed by atoms with Crippen LogP contribution < -0.4 is 4.90 Å². The van der Waals surface area contributed by atoms with Crippen molar-refractivity contribution >= 4 is 39.8 Å². The predicted octanol–water partition coefficient (Wildman–Crippen LogP) is 6.09. The van der Waals surface area contributed by atoms with Crippen molar-refractivity contribution in [2.45, 2.75) is 76.2 Å². The van der Waals surface area contributed by atoms with Gasteiger partial charge in [0.1, 0.15) is 5.82 Å². The smallest absolute Gasteiger partial charge is 0.230 e. The summed E-state index contributed by atoms with van der Waals surface area (Å²) in [6.45, 7) is 5.75. The second-order valence-electron chi connectivity index (χ2n) is 7.98. The number of nitrogens with zero attached hydrogens (tertiary/aromatic N) is 5. The monoisotopic (exact) mass is 455 g/mol. The maximum absolute atomic E-state index is 12.4. The van der Waals surface area contributed by atoms with E-state index in [9.17, 15) is 4.79 Å². The quantitative estimate of drug-likeness (QED) is 0.404. The lowest BCUT2D eigenvalue weighted by molar-refractivity contribution is -0.115. The highest BCUT2D eigenvalue weighted by atomic mass is 32.2. The Morgan fingerprint density at radius 1 is 1.19 bits per heavy atom. The molecule has 0 atom stereocenters. The first kappa shape index (κ1) is 22.0. The van der Waals surface area contributed by atoms with Crippen molar-refractivity contribution in [1.82, 2.24) is 19.7 Å². The van der Waals surface area contributed by atoms with Crippen molar-refractivity contribution in [3.63, 3.8) is 0 Å². The van der Waals surface area contributed by atoms with Crippen LogP contribution in [0.25, 0.3) is 0 Å². The molecule has 0 saturated heterocycles. The van der Waals surface area contributed by atoms with E-state index in [1.54, 1.807) is 23.6 Å². The van der Waals surface area contributed by atoms with E-state index in [-0.39, 0.29) is 5.91 Å². The van der Waals surface area contributed by atoms with Gasteiger partial charge >= 0.3 is 0 Å². The lowest BCUT2D eigenvalue weighted by Gasteiger charge is -2.24. The summed E-state index contributed by atoms with van der Waals surface area (Å²) in [6.07, 6.45) is 7.28. The molecule has 4 rings (SSSR count). The first-order valence-electron chi connectivity index (χ1n) is 10.9. The van der Waals surface area contributed by atoms with Crippen LogP contribution in [0.1, 0.15) is 69.1 Å². The zero-order chi connectivity index (χ0) is 21.8. The molecular weight excluding hydrogens is 426 g/mol. The Morgan fingerprint density at radius 2 is 1.94 bits per heavy atom. The molecule has 2 heterocycles. The molecular formula is C23H29N5OS2. The van der Waals surface area contributed by atoms with Crippen LogP contribution in [-0.4, -0.2) is 25.7 Å². The standard InChI is InChI=1S/C23H29N5OS2/c1-4-18-10-12-21(13-11-18)28(17(3)29)22-24-19(14-30-22)15-31-23-26-25-16(2)27(23)20-8-6-5-7-9-20/h10-14,20H,4-9,15H2,1-3H3. The second-order valence-corrected chi connectivity index (χ2v) is 9.76. The van der Waals surface area contributed by atoms with Gasteiger partial charge in [-0.05, 0) is 43.9 Å². The summed E-state index contributed by atoms with van der Waals surface area (Å²) in [4.78, 5) is 18.8. The zero-order valence-electron chi connectivity index (χ0n) is 18.4. The molecule has 0 aliphatic heterocycles. The Morgan fingerprint density at radius 3 is 2.61 bits per heavy atom. The number of rotatable bonds is 7. The Kier molecular flexibility index (Phi) is 7.07. The minimum atomic E-state index is -0.0366. The van der Waals surface area contributed by atoms with Gasteiger partial charge in [-0.25, -0.2) is 4.98 Å². The molecule has 164 valence electrons. The fourth-order valence-electron chi connectivity index (χ4n) is 4.12. The van der Waals surface area contributed by atoms with Crippen molar-refractivity contribution in [1.29, 1.82) is 0 Å². The molecule has 1 aliphatic rings. The molecule has 0 spiro atoms. The summed E-state index contributed by atoms with van der Waals surface area (Å²) in [5.74, 6) is 1.67. The fraction of sp³-hybridized carbons (Fsp3) is 0.478. The van der Waals surface area contributed by atoms with E-state index < -0.39 is 0 Å². The van der Waals surface area contributed by atoms with Crippen LogP contribution >= 0.6 is 23.1 Å². The fourth-order valence-corrected chi connectivity index (χ4v) is 6.06. The van der Waals surface area contributed by atoms with Gasteiger partial charge in [0, 0.05) is 24.1 Å².